The van der Waals surface area contributed by atoms with Crippen molar-refractivity contribution in [1.82, 2.24) is 15.0 Å². The van der Waals surface area contributed by atoms with E-state index in [-0.39, 0.29) is 33.9 Å². The highest BCUT2D eigenvalue weighted by Crippen LogP contribution is 2.37. The SMILES string of the molecule is COC/C=C\c1sc(NC(=O)c2c(OC)ncnc2OC)nc1C(F)(F)F. The molecule has 2 rings (SSSR count). The lowest BCUT2D eigenvalue weighted by Gasteiger charge is -2.09. The van der Waals surface area contributed by atoms with Gasteiger partial charge in [0.25, 0.3) is 5.91 Å². The van der Waals surface area contributed by atoms with Crippen LogP contribution in [0.1, 0.15) is 20.9 Å². The van der Waals surface area contributed by atoms with Crippen LogP contribution in [-0.4, -0.2) is 48.8 Å². The molecule has 0 spiro atoms. The summed E-state index contributed by atoms with van der Waals surface area (Å²) < 4.78 is 54.3. The maximum atomic E-state index is 13.2. The minimum Gasteiger partial charge on any atom is -0.480 e. The third-order valence-electron chi connectivity index (χ3n) is 3.07. The van der Waals surface area contributed by atoms with Crippen LogP contribution in [0.2, 0.25) is 0 Å². The van der Waals surface area contributed by atoms with Crippen LogP contribution >= 0.6 is 11.3 Å². The normalized spacial score (nSPS) is 11.6. The second-order valence-corrected chi connectivity index (χ2v) is 5.84. The van der Waals surface area contributed by atoms with Crippen molar-refractivity contribution in [2.75, 3.05) is 33.3 Å². The number of hydrogen-bond donors (Lipinski definition) is 1. The Labute approximate surface area is 156 Å². The molecular weight excluding hydrogens is 389 g/mol. The zero-order valence-electron chi connectivity index (χ0n) is 14.5. The predicted molar refractivity (Wildman–Crippen MR) is 91.1 cm³/mol. The summed E-state index contributed by atoms with van der Waals surface area (Å²) in [5, 5.41) is 2.04. The van der Waals surface area contributed by atoms with Crippen molar-refractivity contribution in [3.63, 3.8) is 0 Å². The number of carbonyl (C=O) groups is 1. The summed E-state index contributed by atoms with van der Waals surface area (Å²) >= 11 is 0.659. The Balaban J connectivity index is 2.36. The van der Waals surface area contributed by atoms with Crippen molar-refractivity contribution < 1.29 is 32.2 Å². The van der Waals surface area contributed by atoms with E-state index in [4.69, 9.17) is 14.2 Å². The van der Waals surface area contributed by atoms with Crippen LogP contribution < -0.4 is 14.8 Å². The monoisotopic (exact) mass is 404 g/mol. The number of hydrogen-bond acceptors (Lipinski definition) is 8. The van der Waals surface area contributed by atoms with Crippen molar-refractivity contribution in [2.24, 2.45) is 0 Å². The molecule has 0 aliphatic heterocycles. The molecule has 146 valence electrons. The number of halogens is 3. The maximum absolute atomic E-state index is 13.2. The van der Waals surface area contributed by atoms with Crippen LogP contribution in [0.25, 0.3) is 6.08 Å². The van der Waals surface area contributed by atoms with Crippen LogP contribution in [0.15, 0.2) is 12.4 Å². The van der Waals surface area contributed by atoms with E-state index in [1.165, 1.54) is 33.5 Å². The largest absolute Gasteiger partial charge is 0.480 e. The molecule has 0 bridgehead atoms. The fourth-order valence-corrected chi connectivity index (χ4v) is 2.88. The molecule has 0 aromatic carbocycles. The molecule has 0 unspecified atom stereocenters. The lowest BCUT2D eigenvalue weighted by Crippen LogP contribution is -2.16. The van der Waals surface area contributed by atoms with Gasteiger partial charge in [-0.1, -0.05) is 17.4 Å². The van der Waals surface area contributed by atoms with Crippen LogP contribution in [0.5, 0.6) is 11.8 Å². The van der Waals surface area contributed by atoms with Crippen LogP contribution in [0, 0.1) is 0 Å². The van der Waals surface area contributed by atoms with E-state index in [9.17, 15) is 18.0 Å². The van der Waals surface area contributed by atoms with Gasteiger partial charge in [0.2, 0.25) is 11.8 Å². The average Bonchev–Trinajstić information content (AvgIpc) is 3.04. The average molecular weight is 404 g/mol. The molecule has 2 aromatic rings. The number of methoxy groups -OCH3 is 3. The number of carbonyl (C=O) groups excluding carboxylic acids is 1. The Bertz CT molecular complexity index is 817. The van der Waals surface area contributed by atoms with E-state index in [0.29, 0.717) is 11.3 Å². The van der Waals surface area contributed by atoms with E-state index in [1.54, 1.807) is 0 Å². The second kappa shape index (κ2) is 8.77. The van der Waals surface area contributed by atoms with Gasteiger partial charge in [-0.05, 0) is 6.08 Å². The topological polar surface area (TPSA) is 95.5 Å². The molecule has 12 heteroatoms. The van der Waals surface area contributed by atoms with Crippen LogP contribution in [-0.2, 0) is 10.9 Å². The highest BCUT2D eigenvalue weighted by Gasteiger charge is 2.37. The fraction of sp³-hybridized carbons (Fsp3) is 0.333. The van der Waals surface area contributed by atoms with Crippen molar-refractivity contribution >= 4 is 28.5 Å². The summed E-state index contributed by atoms with van der Waals surface area (Å²) in [5.74, 6) is -1.00. The van der Waals surface area contributed by atoms with Crippen molar-refractivity contribution in [3.8, 4) is 11.8 Å². The molecule has 2 aromatic heterocycles. The van der Waals surface area contributed by atoms with Gasteiger partial charge in [0, 0.05) is 7.11 Å². The van der Waals surface area contributed by atoms with Gasteiger partial charge in [-0.15, -0.1) is 0 Å². The molecule has 8 nitrogen and oxygen atoms in total. The lowest BCUT2D eigenvalue weighted by atomic mass is 10.3. The molecule has 0 fully saturated rings. The third-order valence-corrected chi connectivity index (χ3v) is 4.00. The smallest absolute Gasteiger partial charge is 0.434 e. The van der Waals surface area contributed by atoms with E-state index in [0.717, 1.165) is 6.33 Å². The predicted octanol–water partition coefficient (Wildman–Crippen LogP) is 2.88. The maximum Gasteiger partial charge on any atom is 0.434 e. The Morgan fingerprint density at radius 2 is 1.85 bits per heavy atom. The minimum atomic E-state index is -4.68. The van der Waals surface area contributed by atoms with Crippen LogP contribution in [0.4, 0.5) is 18.3 Å². The van der Waals surface area contributed by atoms with E-state index < -0.39 is 17.8 Å². The molecule has 0 saturated carbocycles. The second-order valence-electron chi connectivity index (χ2n) is 4.81. The van der Waals surface area contributed by atoms with Gasteiger partial charge in [-0.25, -0.2) is 15.0 Å². The molecular formula is C15H15F3N4O4S. The summed E-state index contributed by atoms with van der Waals surface area (Å²) in [7, 11) is 3.97. The number of anilines is 1. The number of ether oxygens (including phenoxy) is 3. The molecule has 1 amide bonds. The molecule has 1 N–H and O–H groups in total. The number of thiazole rings is 1. The Kier molecular flexibility index (Phi) is 6.69. The van der Waals surface area contributed by atoms with Crippen molar-refractivity contribution in [1.29, 1.82) is 0 Å². The number of alkyl halides is 3. The molecule has 0 aliphatic rings. The quantitative estimate of drug-likeness (QED) is 0.758. The number of rotatable bonds is 7. The Morgan fingerprint density at radius 1 is 1.22 bits per heavy atom. The van der Waals surface area contributed by atoms with Gasteiger partial charge in [0.05, 0.1) is 25.7 Å². The van der Waals surface area contributed by atoms with Crippen LogP contribution in [0.3, 0.4) is 0 Å². The van der Waals surface area contributed by atoms with E-state index in [1.807, 2.05) is 0 Å². The van der Waals surface area contributed by atoms with Gasteiger partial charge in [0.15, 0.2) is 16.4 Å². The lowest BCUT2D eigenvalue weighted by molar-refractivity contribution is -0.140. The number of amides is 1. The fourth-order valence-electron chi connectivity index (χ4n) is 1.97. The van der Waals surface area contributed by atoms with Gasteiger partial charge >= 0.3 is 6.18 Å². The first-order valence-corrected chi connectivity index (χ1v) is 8.11. The highest BCUT2D eigenvalue weighted by atomic mass is 32.1. The summed E-state index contributed by atoms with van der Waals surface area (Å²) in [6, 6.07) is 0. The molecule has 0 radical (unpaired) electrons. The first-order valence-electron chi connectivity index (χ1n) is 7.29. The summed E-state index contributed by atoms with van der Waals surface area (Å²) in [6.45, 7) is 0.132. The molecule has 0 saturated heterocycles. The molecule has 0 aliphatic carbocycles. The Hall–Kier alpha value is -2.73. The van der Waals surface area contributed by atoms with Crippen molar-refractivity contribution in [3.05, 3.63) is 28.5 Å². The number of nitrogens with one attached hydrogen (secondary N) is 1. The van der Waals surface area contributed by atoms with Gasteiger partial charge < -0.3 is 14.2 Å². The van der Waals surface area contributed by atoms with Crippen molar-refractivity contribution in [2.45, 2.75) is 6.18 Å². The summed E-state index contributed by atoms with van der Waals surface area (Å²) in [4.78, 5) is 23.4. The molecule has 0 atom stereocenters. The van der Waals surface area contributed by atoms with Gasteiger partial charge in [-0.3, -0.25) is 10.1 Å². The minimum absolute atomic E-state index is 0.0906. The standard InChI is InChI=1S/C15H15F3N4O4S/c1-24-6-4-5-8-10(15(16,17)18)21-14(27-8)22-11(23)9-12(25-2)19-7-20-13(9)26-3/h4-5,7H,6H2,1-3H3,(H,21,22,23)/b5-4-. The number of aromatic nitrogens is 3. The first-order chi connectivity index (χ1) is 12.8. The summed E-state index contributed by atoms with van der Waals surface area (Å²) in [6.07, 6.45) is -0.923. The Morgan fingerprint density at radius 3 is 2.37 bits per heavy atom. The highest BCUT2D eigenvalue weighted by molar-refractivity contribution is 7.16. The van der Waals surface area contributed by atoms with E-state index >= 15 is 0 Å². The molecule has 27 heavy (non-hydrogen) atoms. The first kappa shape index (κ1) is 20.6. The number of nitrogens with zero attached hydrogens (tertiary/aromatic N) is 3. The molecule has 2 heterocycles. The summed E-state index contributed by atoms with van der Waals surface area (Å²) in [5.41, 5.74) is -1.28. The third kappa shape index (κ3) is 4.92. The van der Waals surface area contributed by atoms with Gasteiger partial charge in [0.1, 0.15) is 6.33 Å². The zero-order valence-corrected chi connectivity index (χ0v) is 15.3. The van der Waals surface area contributed by atoms with Gasteiger partial charge in [-0.2, -0.15) is 13.2 Å². The van der Waals surface area contributed by atoms with E-state index in [2.05, 4.69) is 20.3 Å². The zero-order chi connectivity index (χ0) is 20.0.